The quantitative estimate of drug-likeness (QED) is 0.924. The molecule has 3 nitrogen and oxygen atoms in total. The first kappa shape index (κ1) is 12.0. The van der Waals surface area contributed by atoms with E-state index in [4.69, 9.17) is 5.26 Å². The van der Waals surface area contributed by atoms with Crippen LogP contribution >= 0.6 is 15.9 Å². The molecule has 0 aliphatic heterocycles. The summed E-state index contributed by atoms with van der Waals surface area (Å²) in [4.78, 5) is 4.28. The van der Waals surface area contributed by atoms with Gasteiger partial charge in [0.05, 0.1) is 23.6 Å². The van der Waals surface area contributed by atoms with Crippen LogP contribution in [0.15, 0.2) is 34.9 Å². The maximum absolute atomic E-state index is 10.1. The zero-order valence-corrected chi connectivity index (χ0v) is 10.8. The van der Waals surface area contributed by atoms with Crippen molar-refractivity contribution in [3.63, 3.8) is 0 Å². The molecule has 4 heteroatoms. The van der Waals surface area contributed by atoms with Gasteiger partial charge in [0.1, 0.15) is 0 Å². The summed E-state index contributed by atoms with van der Waals surface area (Å²) < 4.78 is 0.932. The van der Waals surface area contributed by atoms with E-state index in [2.05, 4.69) is 27.0 Å². The van der Waals surface area contributed by atoms with Crippen molar-refractivity contribution >= 4 is 26.8 Å². The molecule has 0 bridgehead atoms. The Morgan fingerprint density at radius 3 is 2.88 bits per heavy atom. The molecule has 2 rings (SSSR count). The highest BCUT2D eigenvalue weighted by Crippen LogP contribution is 2.31. The average Bonchev–Trinajstić information content (AvgIpc) is 2.38. The summed E-state index contributed by atoms with van der Waals surface area (Å²) in [6, 6.07) is 9.50. The number of fused-ring (bicyclic) bond motifs is 1. The summed E-state index contributed by atoms with van der Waals surface area (Å²) in [6.07, 6.45) is 0.868. The molecule has 0 aliphatic carbocycles. The molecule has 2 atom stereocenters. The molecule has 86 valence electrons. The van der Waals surface area contributed by atoms with Gasteiger partial charge in [-0.1, -0.05) is 28.1 Å². The Morgan fingerprint density at radius 2 is 2.18 bits per heavy atom. The van der Waals surface area contributed by atoms with Crippen LogP contribution in [0, 0.1) is 17.2 Å². The van der Waals surface area contributed by atoms with Crippen LogP contribution in [0.3, 0.4) is 0 Å². The fourth-order valence-corrected chi connectivity index (χ4v) is 2.19. The van der Waals surface area contributed by atoms with Crippen LogP contribution in [0.25, 0.3) is 10.9 Å². The van der Waals surface area contributed by atoms with Crippen LogP contribution in [-0.4, -0.2) is 10.1 Å². The molecule has 1 aromatic carbocycles. The second-order valence-corrected chi connectivity index (χ2v) is 4.75. The third kappa shape index (κ3) is 2.17. The number of aliphatic hydroxyl groups excluding tert-OH is 1. The molecule has 0 saturated heterocycles. The van der Waals surface area contributed by atoms with Gasteiger partial charge in [0.2, 0.25) is 0 Å². The van der Waals surface area contributed by atoms with Crippen LogP contribution in [0.1, 0.15) is 18.6 Å². The van der Waals surface area contributed by atoms with Gasteiger partial charge >= 0.3 is 0 Å². The Bertz CT molecular complexity index is 591. The Hall–Kier alpha value is -1.44. The number of hydrogen-bond acceptors (Lipinski definition) is 3. The standard InChI is InChI=1S/C13H11BrN2O/c1-8(7-15)13(17)10-4-5-11(14)9-3-2-6-16-12(9)10/h2-6,8,13,17H,1H3. The highest BCUT2D eigenvalue weighted by atomic mass is 79.9. The second-order valence-electron chi connectivity index (χ2n) is 3.90. The Balaban J connectivity index is 2.64. The summed E-state index contributed by atoms with van der Waals surface area (Å²) in [7, 11) is 0. The fraction of sp³-hybridized carbons (Fsp3) is 0.231. The monoisotopic (exact) mass is 290 g/mol. The summed E-state index contributed by atoms with van der Waals surface area (Å²) in [6.45, 7) is 1.70. The van der Waals surface area contributed by atoms with E-state index >= 15 is 0 Å². The Kier molecular flexibility index (Phi) is 3.41. The predicted molar refractivity (Wildman–Crippen MR) is 69.2 cm³/mol. The lowest BCUT2D eigenvalue weighted by molar-refractivity contribution is 0.144. The number of nitriles is 1. The first-order valence-electron chi connectivity index (χ1n) is 5.26. The van der Waals surface area contributed by atoms with Crippen LogP contribution < -0.4 is 0 Å². The molecule has 0 spiro atoms. The summed E-state index contributed by atoms with van der Waals surface area (Å²) in [5.74, 6) is -0.457. The molecule has 1 N–H and O–H groups in total. The van der Waals surface area contributed by atoms with Gasteiger partial charge in [-0.2, -0.15) is 5.26 Å². The van der Waals surface area contributed by atoms with Gasteiger partial charge in [0.25, 0.3) is 0 Å². The number of aliphatic hydroxyl groups is 1. The van der Waals surface area contributed by atoms with Crippen molar-refractivity contribution in [3.05, 3.63) is 40.5 Å². The van der Waals surface area contributed by atoms with Crippen LogP contribution in [0.5, 0.6) is 0 Å². The SMILES string of the molecule is CC(C#N)C(O)c1ccc(Br)c2cccnc12. The topological polar surface area (TPSA) is 56.9 Å². The lowest BCUT2D eigenvalue weighted by atomic mass is 9.96. The lowest BCUT2D eigenvalue weighted by Gasteiger charge is -2.15. The largest absolute Gasteiger partial charge is 0.387 e. The minimum absolute atomic E-state index is 0.457. The molecule has 0 aliphatic rings. The van der Waals surface area contributed by atoms with Gasteiger partial charge in [-0.3, -0.25) is 4.98 Å². The van der Waals surface area contributed by atoms with E-state index in [1.165, 1.54) is 0 Å². The molecule has 0 amide bonds. The van der Waals surface area contributed by atoms with Crippen molar-refractivity contribution in [1.29, 1.82) is 5.26 Å². The number of rotatable bonds is 2. The van der Waals surface area contributed by atoms with Crippen molar-refractivity contribution < 1.29 is 5.11 Å². The summed E-state index contributed by atoms with van der Waals surface area (Å²) in [5.41, 5.74) is 1.43. The molecular weight excluding hydrogens is 280 g/mol. The number of hydrogen-bond donors (Lipinski definition) is 1. The number of benzene rings is 1. The zero-order valence-electron chi connectivity index (χ0n) is 9.26. The number of pyridine rings is 1. The molecular formula is C13H11BrN2O. The molecule has 1 heterocycles. The molecule has 17 heavy (non-hydrogen) atoms. The number of nitrogens with zero attached hydrogens (tertiary/aromatic N) is 2. The first-order chi connectivity index (χ1) is 8.15. The van der Waals surface area contributed by atoms with Crippen molar-refractivity contribution in [1.82, 2.24) is 4.98 Å². The van der Waals surface area contributed by atoms with Crippen LogP contribution in [0.4, 0.5) is 0 Å². The molecule has 0 saturated carbocycles. The van der Waals surface area contributed by atoms with E-state index in [1.807, 2.05) is 18.2 Å². The summed E-state index contributed by atoms with van der Waals surface area (Å²) in [5, 5.41) is 19.9. The molecule has 0 fully saturated rings. The maximum atomic E-state index is 10.1. The molecule has 2 unspecified atom stereocenters. The van der Waals surface area contributed by atoms with Crippen molar-refractivity contribution in [2.45, 2.75) is 13.0 Å². The number of aromatic nitrogens is 1. The van der Waals surface area contributed by atoms with E-state index in [-0.39, 0.29) is 0 Å². The second kappa shape index (κ2) is 4.82. The van der Waals surface area contributed by atoms with Gasteiger partial charge in [0.15, 0.2) is 0 Å². The van der Waals surface area contributed by atoms with Gasteiger partial charge in [-0.15, -0.1) is 0 Å². The zero-order chi connectivity index (χ0) is 12.4. The molecule has 0 radical (unpaired) electrons. The normalized spacial score (nSPS) is 14.2. The van der Waals surface area contributed by atoms with Crippen molar-refractivity contribution in [2.75, 3.05) is 0 Å². The van der Waals surface area contributed by atoms with Gasteiger partial charge in [-0.05, 0) is 19.1 Å². The molecule has 1 aromatic heterocycles. The minimum atomic E-state index is -0.814. The molecule has 2 aromatic rings. The van der Waals surface area contributed by atoms with E-state index in [0.29, 0.717) is 5.56 Å². The number of halogens is 1. The lowest BCUT2D eigenvalue weighted by Crippen LogP contribution is -2.08. The van der Waals surface area contributed by atoms with E-state index in [9.17, 15) is 5.11 Å². The minimum Gasteiger partial charge on any atom is -0.387 e. The van der Waals surface area contributed by atoms with Crippen LogP contribution in [-0.2, 0) is 0 Å². The van der Waals surface area contributed by atoms with E-state index in [1.54, 1.807) is 19.2 Å². The Morgan fingerprint density at radius 1 is 1.41 bits per heavy atom. The van der Waals surface area contributed by atoms with E-state index in [0.717, 1.165) is 15.4 Å². The van der Waals surface area contributed by atoms with Gasteiger partial charge < -0.3 is 5.11 Å². The highest BCUT2D eigenvalue weighted by Gasteiger charge is 2.19. The third-order valence-corrected chi connectivity index (χ3v) is 3.44. The fourth-order valence-electron chi connectivity index (χ4n) is 1.74. The first-order valence-corrected chi connectivity index (χ1v) is 6.05. The average molecular weight is 291 g/mol. The van der Waals surface area contributed by atoms with E-state index < -0.39 is 12.0 Å². The maximum Gasteiger partial charge on any atom is 0.0966 e. The van der Waals surface area contributed by atoms with Crippen LogP contribution in [0.2, 0.25) is 0 Å². The Labute approximate surface area is 108 Å². The smallest absolute Gasteiger partial charge is 0.0966 e. The van der Waals surface area contributed by atoms with Gasteiger partial charge in [-0.25, -0.2) is 0 Å². The predicted octanol–water partition coefficient (Wildman–Crippen LogP) is 3.19. The highest BCUT2D eigenvalue weighted by molar-refractivity contribution is 9.10. The van der Waals surface area contributed by atoms with Crippen molar-refractivity contribution in [3.8, 4) is 6.07 Å². The third-order valence-electron chi connectivity index (χ3n) is 2.74. The summed E-state index contributed by atoms with van der Waals surface area (Å²) >= 11 is 3.45. The van der Waals surface area contributed by atoms with Gasteiger partial charge in [0, 0.05) is 21.6 Å². The van der Waals surface area contributed by atoms with Crippen molar-refractivity contribution in [2.24, 2.45) is 5.92 Å².